The normalized spacial score (nSPS) is 8.73. The topological polar surface area (TPSA) is 100 Å². The Balaban J connectivity index is 0. The number of quaternary nitrogens is 1. The van der Waals surface area contributed by atoms with Crippen molar-refractivity contribution >= 4 is 6.16 Å². The van der Waals surface area contributed by atoms with E-state index in [1.165, 1.54) is 0 Å². The summed E-state index contributed by atoms with van der Waals surface area (Å²) < 4.78 is 0. The Labute approximate surface area is 65.0 Å². The first-order valence-electron chi connectivity index (χ1n) is 3.01. The van der Waals surface area contributed by atoms with Gasteiger partial charge in [0.1, 0.15) is 6.54 Å². The highest BCUT2D eigenvalue weighted by atomic mass is 16.6. The third-order valence-electron chi connectivity index (χ3n) is 0.623. The van der Waals surface area contributed by atoms with Crippen LogP contribution in [-0.2, 0) is 0 Å². The highest BCUT2D eigenvalue weighted by Gasteiger charge is 1.86. The summed E-state index contributed by atoms with van der Waals surface area (Å²) >= 11 is 0. The van der Waals surface area contributed by atoms with Gasteiger partial charge < -0.3 is 20.1 Å². The summed E-state index contributed by atoms with van der Waals surface area (Å²) in [5.74, 6) is 0. The smallest absolute Gasteiger partial charge is 0.249 e. The van der Waals surface area contributed by atoms with Crippen LogP contribution in [0.3, 0.4) is 0 Å². The van der Waals surface area contributed by atoms with E-state index in [0.29, 0.717) is 0 Å². The number of hydrogen-bond acceptors (Lipinski definition) is 4. The zero-order valence-corrected chi connectivity index (χ0v) is 6.65. The van der Waals surface area contributed by atoms with E-state index in [4.69, 9.17) is 20.1 Å². The van der Waals surface area contributed by atoms with E-state index < -0.39 is 6.16 Å². The molecule has 0 aliphatic rings. The second-order valence-electron chi connectivity index (χ2n) is 1.92. The lowest BCUT2D eigenvalue weighted by molar-refractivity contribution is -0.794. The fourth-order valence-corrected chi connectivity index (χ4v) is 0.316. The molecule has 0 atom stereocenters. The van der Waals surface area contributed by atoms with Crippen LogP contribution in [0.15, 0.2) is 0 Å². The number of rotatable bonds is 3. The maximum absolute atomic E-state index is 8.44. The van der Waals surface area contributed by atoms with E-state index in [2.05, 4.69) is 0 Å². The first-order valence-corrected chi connectivity index (χ1v) is 3.01. The summed E-state index contributed by atoms with van der Waals surface area (Å²) in [7, 11) is 3.88. The van der Waals surface area contributed by atoms with E-state index in [-0.39, 0.29) is 6.61 Å². The Kier molecular flexibility index (Phi) is 10.6. The molecule has 6 nitrogen and oxygen atoms in total. The molecule has 0 aromatic carbocycles. The van der Waals surface area contributed by atoms with Crippen LogP contribution in [0.1, 0.15) is 0 Å². The quantitative estimate of drug-likeness (QED) is 0.304. The first kappa shape index (κ1) is 12.8. The van der Waals surface area contributed by atoms with Gasteiger partial charge in [0.05, 0.1) is 6.61 Å². The number of aliphatic hydroxyl groups excluding tert-OH is 1. The molecule has 0 fully saturated rings. The molecule has 0 heterocycles. The zero-order valence-electron chi connectivity index (χ0n) is 6.65. The maximum Gasteiger partial charge on any atom is 0.249 e. The van der Waals surface area contributed by atoms with Gasteiger partial charge in [-0.15, -0.1) is 0 Å². The minimum absolute atomic E-state index is 0.248. The summed E-state index contributed by atoms with van der Waals surface area (Å²) in [5.41, 5.74) is 1.93. The molecule has 0 saturated carbocycles. The van der Waals surface area contributed by atoms with Gasteiger partial charge in [-0.05, 0) is 0 Å². The molecule has 0 spiro atoms. The average Bonchev–Trinajstić information content (AvgIpc) is 1.82. The molecule has 0 aliphatic carbocycles. The van der Waals surface area contributed by atoms with Gasteiger partial charge in [-0.2, -0.15) is 5.01 Å². The van der Waals surface area contributed by atoms with Crippen LogP contribution in [0.25, 0.3) is 0 Å². The third-order valence-corrected chi connectivity index (χ3v) is 0.623. The second-order valence-corrected chi connectivity index (χ2v) is 1.92. The number of hydrogen-bond donors (Lipinski definition) is 3. The minimum Gasteiger partial charge on any atom is -0.565 e. The monoisotopic (exact) mass is 166 g/mol. The first-order chi connectivity index (χ1) is 5.00. The van der Waals surface area contributed by atoms with Crippen LogP contribution < -0.4 is 10.5 Å². The SMILES string of the molecule is CN(C)[NH2+]CCO.O=C([O-])O. The van der Waals surface area contributed by atoms with Crippen molar-refractivity contribution in [3.8, 4) is 0 Å². The summed E-state index contributed by atoms with van der Waals surface area (Å²) in [6.07, 6.45) is -2.08. The lowest BCUT2D eigenvalue weighted by Crippen LogP contribution is -2.92. The van der Waals surface area contributed by atoms with Gasteiger partial charge in [0.25, 0.3) is 0 Å². The Bertz CT molecular complexity index is 92.5. The predicted octanol–water partition coefficient (Wildman–Crippen LogP) is -3.09. The van der Waals surface area contributed by atoms with Crippen molar-refractivity contribution in [3.05, 3.63) is 0 Å². The summed E-state index contributed by atoms with van der Waals surface area (Å²) in [4.78, 5) is 8.44. The second kappa shape index (κ2) is 9.15. The van der Waals surface area contributed by atoms with E-state index in [1.54, 1.807) is 0 Å². The van der Waals surface area contributed by atoms with Crippen molar-refractivity contribution in [2.24, 2.45) is 0 Å². The van der Waals surface area contributed by atoms with Crippen molar-refractivity contribution in [1.29, 1.82) is 0 Å². The summed E-state index contributed by atoms with van der Waals surface area (Å²) in [5, 5.41) is 25.5. The summed E-state index contributed by atoms with van der Waals surface area (Å²) in [6.45, 7) is 1.01. The Hall–Kier alpha value is -0.850. The van der Waals surface area contributed by atoms with Gasteiger partial charge in [-0.1, -0.05) is 0 Å². The number of nitrogens with two attached hydrogens (primary N) is 1. The molecule has 0 radical (unpaired) electrons. The lowest BCUT2D eigenvalue weighted by atomic mass is 10.7. The van der Waals surface area contributed by atoms with Crippen molar-refractivity contribution < 1.29 is 25.5 Å². The number of carboxylic acid groups (broad SMARTS) is 2. The Morgan fingerprint density at radius 2 is 2.00 bits per heavy atom. The number of nitrogens with zero attached hydrogens (tertiary/aromatic N) is 1. The zero-order chi connectivity index (χ0) is 9.28. The average molecular weight is 166 g/mol. The molecular formula is C5H14N2O4. The highest BCUT2D eigenvalue weighted by Crippen LogP contribution is 1.43. The molecule has 0 bridgehead atoms. The molecular weight excluding hydrogens is 152 g/mol. The number of carbonyl (C=O) groups is 1. The molecule has 0 aliphatic heterocycles. The lowest BCUT2D eigenvalue weighted by Gasteiger charge is -2.04. The molecule has 0 rings (SSSR count). The molecule has 68 valence electrons. The van der Waals surface area contributed by atoms with Crippen molar-refractivity contribution in [3.63, 3.8) is 0 Å². The van der Waals surface area contributed by atoms with Crippen LogP contribution in [0.5, 0.6) is 0 Å². The standard InChI is InChI=1S/C4H12N2O.CH2O3/c1-6(2)5-3-4-7;2-1(3)4/h5,7H,3-4H2,1-2H3;(H2,2,3,4). The molecule has 0 aromatic heterocycles. The van der Waals surface area contributed by atoms with Crippen molar-refractivity contribution in [2.45, 2.75) is 0 Å². The maximum atomic E-state index is 8.44. The Morgan fingerprint density at radius 3 is 2.09 bits per heavy atom. The molecule has 0 aromatic rings. The van der Waals surface area contributed by atoms with Gasteiger partial charge in [-0.3, -0.25) is 5.43 Å². The van der Waals surface area contributed by atoms with Gasteiger partial charge in [0.15, 0.2) is 0 Å². The molecule has 4 N–H and O–H groups in total. The molecule has 6 heteroatoms. The highest BCUT2D eigenvalue weighted by molar-refractivity contribution is 5.50. The van der Waals surface area contributed by atoms with E-state index in [9.17, 15) is 0 Å². The fraction of sp³-hybridized carbons (Fsp3) is 0.800. The minimum atomic E-state index is -2.08. The van der Waals surface area contributed by atoms with Crippen LogP contribution in [0.4, 0.5) is 4.79 Å². The van der Waals surface area contributed by atoms with Gasteiger partial charge in [0.2, 0.25) is 6.16 Å². The van der Waals surface area contributed by atoms with E-state index >= 15 is 0 Å². The fourth-order valence-electron chi connectivity index (χ4n) is 0.316. The van der Waals surface area contributed by atoms with E-state index in [1.807, 2.05) is 24.5 Å². The third kappa shape index (κ3) is 47.1. The van der Waals surface area contributed by atoms with E-state index in [0.717, 1.165) is 6.54 Å². The largest absolute Gasteiger partial charge is 0.565 e. The van der Waals surface area contributed by atoms with Crippen molar-refractivity contribution in [1.82, 2.24) is 5.01 Å². The van der Waals surface area contributed by atoms with Gasteiger partial charge in [-0.25, -0.2) is 0 Å². The van der Waals surface area contributed by atoms with Gasteiger partial charge >= 0.3 is 0 Å². The molecule has 11 heavy (non-hydrogen) atoms. The number of aliphatic hydroxyl groups is 1. The van der Waals surface area contributed by atoms with Crippen LogP contribution in [-0.4, -0.2) is 48.6 Å². The molecule has 0 unspecified atom stereocenters. The van der Waals surface area contributed by atoms with Gasteiger partial charge in [0, 0.05) is 14.1 Å². The van der Waals surface area contributed by atoms with Crippen LogP contribution in [0.2, 0.25) is 0 Å². The van der Waals surface area contributed by atoms with Crippen LogP contribution >= 0.6 is 0 Å². The molecule has 0 saturated heterocycles. The van der Waals surface area contributed by atoms with Crippen molar-refractivity contribution in [2.75, 3.05) is 27.2 Å². The van der Waals surface area contributed by atoms with Crippen LogP contribution in [0, 0.1) is 0 Å². The Morgan fingerprint density at radius 1 is 1.64 bits per heavy atom. The molecule has 0 amide bonds. The predicted molar refractivity (Wildman–Crippen MR) is 35.6 cm³/mol. The summed E-state index contributed by atoms with van der Waals surface area (Å²) in [6, 6.07) is 0.